The lowest BCUT2D eigenvalue weighted by molar-refractivity contribution is -0.157. The number of benzene rings is 1. The fraction of sp³-hybridized carbons (Fsp3) is 0.519. The van der Waals surface area contributed by atoms with Gasteiger partial charge in [-0.2, -0.15) is 0 Å². The number of aryl methyl sites for hydroxylation is 1. The summed E-state index contributed by atoms with van der Waals surface area (Å²) >= 11 is 1.61. The molecule has 2 aliphatic heterocycles. The standard InChI is InChI=1S/C27H36N4O4S/c1-18(16-27(3,4)5)25(32)34-17-35-26(33)31-22-10-8-7-9-21(22)28-23-20(15-19(2)36-23)24(31)30-13-11-29(6)12-14-30/h7-10,15,18H,11-14,16-17H2,1-6H3. The van der Waals surface area contributed by atoms with E-state index < -0.39 is 12.9 Å². The molecule has 1 amide bonds. The first-order valence-corrected chi connectivity index (χ1v) is 13.2. The Labute approximate surface area is 216 Å². The fourth-order valence-corrected chi connectivity index (χ4v) is 5.58. The number of fused-ring (bicyclic) bond motifs is 2. The van der Waals surface area contributed by atoms with E-state index in [1.165, 1.54) is 0 Å². The van der Waals surface area contributed by atoms with E-state index in [0.717, 1.165) is 46.8 Å². The highest BCUT2D eigenvalue weighted by Crippen LogP contribution is 2.34. The van der Waals surface area contributed by atoms with Crippen LogP contribution in [0, 0.1) is 18.3 Å². The number of piperazine rings is 1. The zero-order valence-electron chi connectivity index (χ0n) is 22.0. The number of ether oxygens (including phenoxy) is 2. The molecule has 1 saturated heterocycles. The molecule has 1 unspecified atom stereocenters. The van der Waals surface area contributed by atoms with Gasteiger partial charge in [-0.3, -0.25) is 4.79 Å². The number of nitrogens with zero attached hydrogens (tertiary/aromatic N) is 4. The average molecular weight is 513 g/mol. The normalized spacial score (nSPS) is 17.0. The summed E-state index contributed by atoms with van der Waals surface area (Å²) < 4.78 is 11.8. The van der Waals surface area contributed by atoms with Crippen molar-refractivity contribution < 1.29 is 19.1 Å². The summed E-state index contributed by atoms with van der Waals surface area (Å²) in [5.41, 5.74) is 1.33. The second-order valence-electron chi connectivity index (χ2n) is 10.8. The van der Waals surface area contributed by atoms with E-state index in [1.807, 2.05) is 38.1 Å². The van der Waals surface area contributed by atoms with Gasteiger partial charge in [-0.05, 0) is 44.0 Å². The molecular weight excluding hydrogens is 476 g/mol. The molecule has 0 bridgehead atoms. The van der Waals surface area contributed by atoms with Crippen LogP contribution in [0.3, 0.4) is 0 Å². The Morgan fingerprint density at radius 2 is 1.81 bits per heavy atom. The van der Waals surface area contributed by atoms with Crippen molar-refractivity contribution in [2.24, 2.45) is 16.3 Å². The number of thiophene rings is 1. The summed E-state index contributed by atoms with van der Waals surface area (Å²) in [4.78, 5) is 38.2. The fourth-order valence-electron chi connectivity index (χ4n) is 4.70. The largest absolute Gasteiger partial charge is 0.428 e. The third-order valence-electron chi connectivity index (χ3n) is 6.32. The third-order valence-corrected chi connectivity index (χ3v) is 7.27. The van der Waals surface area contributed by atoms with Gasteiger partial charge in [-0.15, -0.1) is 11.3 Å². The van der Waals surface area contributed by atoms with Crippen molar-refractivity contribution in [2.75, 3.05) is 44.9 Å². The van der Waals surface area contributed by atoms with Gasteiger partial charge in [0, 0.05) is 31.1 Å². The maximum Gasteiger partial charge on any atom is 0.423 e. The van der Waals surface area contributed by atoms with Crippen LogP contribution in [-0.2, 0) is 14.3 Å². The Hall–Kier alpha value is -2.91. The minimum atomic E-state index is -0.598. The molecule has 2 aliphatic rings. The second kappa shape index (κ2) is 10.6. The summed E-state index contributed by atoms with van der Waals surface area (Å²) in [5.74, 6) is 0.0989. The maximum atomic E-state index is 13.6. The van der Waals surface area contributed by atoms with Crippen LogP contribution < -0.4 is 14.8 Å². The number of para-hydroxylation sites is 2. The molecule has 2 aromatic rings. The molecule has 0 aliphatic carbocycles. The predicted octanol–water partition coefficient (Wildman–Crippen LogP) is 3.85. The molecule has 36 heavy (non-hydrogen) atoms. The molecule has 3 heterocycles. The lowest BCUT2D eigenvalue weighted by Crippen LogP contribution is -2.51. The van der Waals surface area contributed by atoms with Crippen molar-refractivity contribution in [1.82, 2.24) is 9.80 Å². The number of esters is 1. The average Bonchev–Trinajstić information content (AvgIpc) is 3.10. The number of hydrogen-bond donors (Lipinski definition) is 0. The first kappa shape index (κ1) is 26.2. The van der Waals surface area contributed by atoms with E-state index in [0.29, 0.717) is 17.8 Å². The van der Waals surface area contributed by atoms with Crippen molar-refractivity contribution in [1.29, 1.82) is 0 Å². The van der Waals surface area contributed by atoms with Crippen LogP contribution in [0.2, 0.25) is 0 Å². The third kappa shape index (κ3) is 5.90. The zero-order chi connectivity index (χ0) is 26.0. The number of likely N-dealkylation sites (N-methyl/N-ethyl adjacent to an activating group) is 1. The van der Waals surface area contributed by atoms with Gasteiger partial charge in [0.05, 0.1) is 22.5 Å². The van der Waals surface area contributed by atoms with Crippen LogP contribution in [0.5, 0.6) is 0 Å². The van der Waals surface area contributed by atoms with E-state index in [1.54, 1.807) is 16.2 Å². The number of hydrogen-bond acceptors (Lipinski definition) is 8. The van der Waals surface area contributed by atoms with Crippen molar-refractivity contribution in [3.8, 4) is 0 Å². The van der Waals surface area contributed by atoms with Crippen LogP contribution in [-0.4, -0.2) is 61.9 Å². The summed E-state index contributed by atoms with van der Waals surface area (Å²) in [7, 11) is 2.10. The van der Waals surface area contributed by atoms with Gasteiger partial charge in [-0.25, -0.2) is 14.7 Å². The van der Waals surface area contributed by atoms with E-state index in [2.05, 4.69) is 43.7 Å². The Morgan fingerprint density at radius 3 is 2.50 bits per heavy atom. The van der Waals surface area contributed by atoms with E-state index >= 15 is 0 Å². The first-order valence-electron chi connectivity index (χ1n) is 12.4. The lowest BCUT2D eigenvalue weighted by atomic mass is 9.85. The topological polar surface area (TPSA) is 74.7 Å². The Kier molecular flexibility index (Phi) is 7.70. The summed E-state index contributed by atoms with van der Waals surface area (Å²) in [6.07, 6.45) is 0.0853. The van der Waals surface area contributed by atoms with Gasteiger partial charge >= 0.3 is 12.1 Å². The molecule has 1 fully saturated rings. The molecule has 0 N–H and O–H groups in total. The SMILES string of the molecule is Cc1cc2c(s1)=Nc1ccccc1N(C(=O)OCOC(=O)C(C)CC(C)(C)C)C=2N1CCN(C)CC1. The number of carbonyl (C=O) groups is 2. The summed E-state index contributed by atoms with van der Waals surface area (Å²) in [5, 5.41) is 0.908. The minimum Gasteiger partial charge on any atom is -0.428 e. The monoisotopic (exact) mass is 512 g/mol. The highest BCUT2D eigenvalue weighted by molar-refractivity contribution is 7.09. The second-order valence-corrected chi connectivity index (χ2v) is 12.0. The number of rotatable bonds is 5. The van der Waals surface area contributed by atoms with Crippen molar-refractivity contribution in [2.45, 2.75) is 41.0 Å². The van der Waals surface area contributed by atoms with Crippen LogP contribution in [0.25, 0.3) is 5.82 Å². The van der Waals surface area contributed by atoms with Crippen molar-refractivity contribution >= 4 is 40.6 Å². The van der Waals surface area contributed by atoms with Gasteiger partial charge in [-0.1, -0.05) is 39.8 Å². The number of anilines is 1. The van der Waals surface area contributed by atoms with E-state index in [9.17, 15) is 9.59 Å². The molecule has 4 rings (SSSR count). The summed E-state index contributed by atoms with van der Waals surface area (Å²) in [6.45, 7) is 13.0. The molecule has 1 aromatic heterocycles. The molecule has 8 nitrogen and oxygen atoms in total. The molecular formula is C27H36N4O4S. The molecule has 0 radical (unpaired) electrons. The smallest absolute Gasteiger partial charge is 0.423 e. The van der Waals surface area contributed by atoms with Gasteiger partial charge in [0.15, 0.2) is 0 Å². The minimum absolute atomic E-state index is 0.00286. The van der Waals surface area contributed by atoms with Crippen LogP contribution in [0.15, 0.2) is 35.3 Å². The zero-order valence-corrected chi connectivity index (χ0v) is 22.9. The Bertz CT molecular complexity index is 1240. The quantitative estimate of drug-likeness (QED) is 0.448. The van der Waals surface area contributed by atoms with Gasteiger partial charge in [0.1, 0.15) is 10.5 Å². The van der Waals surface area contributed by atoms with Gasteiger partial charge < -0.3 is 19.3 Å². The molecule has 9 heteroatoms. The molecule has 1 aromatic carbocycles. The van der Waals surface area contributed by atoms with E-state index in [-0.39, 0.29) is 17.3 Å². The predicted molar refractivity (Wildman–Crippen MR) is 142 cm³/mol. The van der Waals surface area contributed by atoms with Crippen LogP contribution in [0.1, 0.15) is 39.0 Å². The lowest BCUT2D eigenvalue weighted by Gasteiger charge is -2.38. The molecule has 0 saturated carbocycles. The maximum absolute atomic E-state index is 13.6. The molecule has 194 valence electrons. The number of amides is 1. The van der Waals surface area contributed by atoms with Crippen molar-refractivity contribution in [3.63, 3.8) is 0 Å². The summed E-state index contributed by atoms with van der Waals surface area (Å²) in [6, 6.07) is 9.64. The van der Waals surface area contributed by atoms with Gasteiger partial charge in [0.2, 0.25) is 6.79 Å². The Balaban J connectivity index is 1.64. The molecule has 0 spiro atoms. The molecule has 1 atom stereocenters. The van der Waals surface area contributed by atoms with Crippen LogP contribution >= 0.6 is 11.3 Å². The highest BCUT2D eigenvalue weighted by Gasteiger charge is 2.32. The van der Waals surface area contributed by atoms with Gasteiger partial charge in [0.25, 0.3) is 0 Å². The highest BCUT2D eigenvalue weighted by atomic mass is 32.1. The first-order chi connectivity index (χ1) is 17.0. The van der Waals surface area contributed by atoms with Crippen molar-refractivity contribution in [3.05, 3.63) is 45.1 Å². The number of carbonyl (C=O) groups excluding carboxylic acids is 2. The van der Waals surface area contributed by atoms with E-state index in [4.69, 9.17) is 14.5 Å². The Morgan fingerprint density at radius 1 is 1.11 bits per heavy atom. The van der Waals surface area contributed by atoms with Crippen LogP contribution in [0.4, 0.5) is 16.2 Å².